The van der Waals surface area contributed by atoms with Crippen molar-refractivity contribution in [3.8, 4) is 0 Å². The minimum absolute atomic E-state index is 0.00847. The lowest BCUT2D eigenvalue weighted by Gasteiger charge is -2.41. The molecule has 0 aromatic heterocycles. The molecule has 1 aliphatic heterocycles. The summed E-state index contributed by atoms with van der Waals surface area (Å²) >= 11 is 0. The molecule has 0 unspecified atom stereocenters. The second-order valence-electron chi connectivity index (χ2n) is 27.1. The maximum Gasteiger partial charge on any atom is 0.270 e. The van der Waals surface area contributed by atoms with Crippen LogP contribution in [0.1, 0.15) is 175 Å². The molecule has 20 nitrogen and oxygen atoms in total. The van der Waals surface area contributed by atoms with Crippen molar-refractivity contribution in [3.63, 3.8) is 0 Å². The fourth-order valence-electron chi connectivity index (χ4n) is 11.5. The molecule has 490 valence electrons. The molecule has 0 radical (unpaired) electrons. The summed E-state index contributed by atoms with van der Waals surface area (Å²) in [6.07, 6.45) is 2.40. The Hall–Kier alpha value is -5.79. The van der Waals surface area contributed by atoms with E-state index in [1.165, 1.54) is 73.8 Å². The lowest BCUT2D eigenvalue weighted by Crippen LogP contribution is -2.63. The number of carbonyl (C=O) groups excluding carboxylic acids is 11. The zero-order valence-corrected chi connectivity index (χ0v) is 57.2. The third kappa shape index (κ3) is 21.2. The zero-order chi connectivity index (χ0) is 66.8. The highest BCUT2D eigenvalue weighted by Crippen LogP contribution is 2.29. The van der Waals surface area contributed by atoms with E-state index in [4.69, 9.17) is 0 Å². The van der Waals surface area contributed by atoms with E-state index in [0.29, 0.717) is 6.42 Å². The lowest BCUT2D eigenvalue weighted by atomic mass is 9.84. The standard InChI is InChI=1S/C66H114N8O12/c1-26-28-29-43(15)58(78)57-59(79)67-48(27-2)63(83)68(19)46(18)61(81)69(20)50(31-38(5)6)55(77)36-47(41(11)12)62(82)70(21)49(30-37(3)4)54(76)34-44(16)53(75)35-45(17)60(80)71(22)51(32-39(7)8)64(84)72(23)52(33-40(9)10)65(85)73(24)56(42(13)14)66(86)74(57)25/h26,28,37-45,47-52,56-58,78H,18,27,29-36H2,1-17,19-25H3,(H,67,79)/b28-26+/t43-,44-,45+,47+,48+,49+,50+,51+,52+,56+,57+,58-/m1/s1. The van der Waals surface area contributed by atoms with Crippen LogP contribution in [0.15, 0.2) is 24.4 Å². The number of allylic oxidation sites excluding steroid dienone is 2. The Labute approximate surface area is 517 Å². The molecule has 1 aliphatic rings. The molecule has 2 N–H and O–H groups in total. The van der Waals surface area contributed by atoms with Gasteiger partial charge in [0.15, 0.2) is 11.6 Å². The number of hydrogen-bond acceptors (Lipinski definition) is 12. The third-order valence-electron chi connectivity index (χ3n) is 17.2. The zero-order valence-electron chi connectivity index (χ0n) is 57.2. The molecular weight excluding hydrogens is 1100 g/mol. The van der Waals surface area contributed by atoms with E-state index in [1.807, 2.05) is 61.5 Å². The lowest BCUT2D eigenvalue weighted by molar-refractivity contribution is -0.157. The number of rotatable bonds is 15. The van der Waals surface area contributed by atoms with Crippen molar-refractivity contribution in [1.29, 1.82) is 0 Å². The van der Waals surface area contributed by atoms with Crippen LogP contribution >= 0.6 is 0 Å². The topological polar surface area (TPSA) is 243 Å². The monoisotopic (exact) mass is 1210 g/mol. The summed E-state index contributed by atoms with van der Waals surface area (Å²) in [6, 6.07) is -8.47. The molecule has 86 heavy (non-hydrogen) atoms. The quantitative estimate of drug-likeness (QED) is 0.124. The largest absolute Gasteiger partial charge is 0.390 e. The first-order valence-corrected chi connectivity index (χ1v) is 31.4. The van der Waals surface area contributed by atoms with Gasteiger partial charge >= 0.3 is 0 Å². The molecule has 0 aliphatic carbocycles. The Bertz CT molecular complexity index is 2400. The molecule has 1 saturated heterocycles. The summed E-state index contributed by atoms with van der Waals surface area (Å²) in [5.74, 6) is -11.2. The SMILES string of the molecule is C=C1C(=O)N(C)[C@@H](CC(C)C)C(=O)C[C@@H](C(C)C)C(=O)N(C)[C@@H](CC(C)C)C(=O)C[C@@H](C)C(=O)C[C@H](C)C(=O)N(C)[C@@H](CC(C)C)C(=O)N(C)[C@@H](CC(C)C)C(=O)N(C)[C@@H](C(C)C)C(=O)N(C)[C@@H]([C@H](O)[C@H](C)C/C=C/C)C(=O)N[C@@H](CC)C(=O)N1C. The molecule has 12 atom stereocenters. The van der Waals surface area contributed by atoms with Gasteiger partial charge < -0.3 is 44.7 Å². The van der Waals surface area contributed by atoms with Gasteiger partial charge in [-0.3, -0.25) is 52.7 Å². The molecule has 20 heteroatoms. The second kappa shape index (κ2) is 35.3. The Morgan fingerprint density at radius 2 is 0.907 bits per heavy atom. The fraction of sp³-hybridized carbons (Fsp3) is 0.773. The number of aliphatic hydroxyl groups excluding tert-OH is 1. The van der Waals surface area contributed by atoms with Gasteiger partial charge in [0.25, 0.3) is 5.91 Å². The van der Waals surface area contributed by atoms with Crippen LogP contribution in [-0.2, 0) is 52.7 Å². The average molecular weight is 1210 g/mol. The molecule has 0 aromatic rings. The van der Waals surface area contributed by atoms with Gasteiger partial charge in [-0.2, -0.15) is 0 Å². The first kappa shape index (κ1) is 78.2. The minimum atomic E-state index is -1.62. The summed E-state index contributed by atoms with van der Waals surface area (Å²) in [7, 11) is 10.0. The highest BCUT2D eigenvalue weighted by molar-refractivity contribution is 6.02. The van der Waals surface area contributed by atoms with Crippen LogP contribution < -0.4 is 5.32 Å². The molecule has 0 bridgehead atoms. The van der Waals surface area contributed by atoms with Crippen molar-refractivity contribution in [2.75, 3.05) is 49.3 Å². The van der Waals surface area contributed by atoms with Crippen molar-refractivity contribution in [2.24, 2.45) is 59.2 Å². The smallest absolute Gasteiger partial charge is 0.270 e. The van der Waals surface area contributed by atoms with Crippen molar-refractivity contribution in [2.45, 2.75) is 224 Å². The van der Waals surface area contributed by atoms with Crippen LogP contribution in [0.5, 0.6) is 0 Å². The molecule has 8 amide bonds. The van der Waals surface area contributed by atoms with Crippen molar-refractivity contribution >= 4 is 64.6 Å². The van der Waals surface area contributed by atoms with Gasteiger partial charge in [0.05, 0.1) is 18.2 Å². The number of Topliss-reactive ketones (excluding diaryl/α,β-unsaturated/α-hetero) is 3. The Balaban J connectivity index is 4.38. The van der Waals surface area contributed by atoms with Crippen LogP contribution in [-0.4, -0.2) is 202 Å². The van der Waals surface area contributed by atoms with Gasteiger partial charge in [0.2, 0.25) is 41.4 Å². The van der Waals surface area contributed by atoms with Crippen LogP contribution in [0.2, 0.25) is 0 Å². The number of likely N-dealkylation sites (N-methyl/N-ethyl adjacent to an activating group) is 7. The Morgan fingerprint density at radius 1 is 0.500 bits per heavy atom. The van der Waals surface area contributed by atoms with E-state index in [9.17, 15) is 43.5 Å². The Kier molecular flexibility index (Phi) is 32.1. The van der Waals surface area contributed by atoms with Crippen LogP contribution in [0, 0.1) is 59.2 Å². The molecule has 0 saturated carbocycles. The van der Waals surface area contributed by atoms with Gasteiger partial charge in [-0.1, -0.05) is 130 Å². The summed E-state index contributed by atoms with van der Waals surface area (Å²) in [5.41, 5.74) is -0.324. The molecule has 1 fully saturated rings. The van der Waals surface area contributed by atoms with Crippen LogP contribution in [0.3, 0.4) is 0 Å². The maximum atomic E-state index is 15.2. The molecule has 0 aromatic carbocycles. The van der Waals surface area contributed by atoms with E-state index >= 15 is 14.4 Å². The first-order valence-electron chi connectivity index (χ1n) is 31.4. The number of nitrogens with zero attached hydrogens (tertiary/aromatic N) is 7. The number of amides is 8. The Morgan fingerprint density at radius 3 is 1.35 bits per heavy atom. The molecule has 1 rings (SSSR count). The second-order valence-corrected chi connectivity index (χ2v) is 27.1. The van der Waals surface area contributed by atoms with E-state index in [0.717, 1.165) is 9.80 Å². The first-order chi connectivity index (χ1) is 39.6. The van der Waals surface area contributed by atoms with E-state index in [-0.39, 0.29) is 92.3 Å². The van der Waals surface area contributed by atoms with Crippen molar-refractivity contribution in [3.05, 3.63) is 24.4 Å². The van der Waals surface area contributed by atoms with Gasteiger partial charge in [0, 0.05) is 86.3 Å². The van der Waals surface area contributed by atoms with Crippen LogP contribution in [0.4, 0.5) is 0 Å². The summed E-state index contributed by atoms with van der Waals surface area (Å²) < 4.78 is 0. The maximum absolute atomic E-state index is 15.2. The number of ketones is 3. The molecular formula is C66H114N8O12. The van der Waals surface area contributed by atoms with Gasteiger partial charge in [0.1, 0.15) is 41.7 Å². The predicted molar refractivity (Wildman–Crippen MR) is 336 cm³/mol. The minimum Gasteiger partial charge on any atom is -0.390 e. The van der Waals surface area contributed by atoms with Gasteiger partial charge in [-0.05, 0) is 86.9 Å². The highest BCUT2D eigenvalue weighted by Gasteiger charge is 2.46. The third-order valence-corrected chi connectivity index (χ3v) is 17.2. The number of carbonyl (C=O) groups is 11. The molecule has 1 heterocycles. The number of aliphatic hydroxyl groups is 1. The van der Waals surface area contributed by atoms with Gasteiger partial charge in [-0.15, -0.1) is 0 Å². The fourth-order valence-corrected chi connectivity index (χ4v) is 11.5. The summed E-state index contributed by atoms with van der Waals surface area (Å²) in [6.45, 7) is 34.5. The van der Waals surface area contributed by atoms with E-state index in [1.54, 1.807) is 68.4 Å². The number of nitrogens with one attached hydrogen (secondary N) is 1. The van der Waals surface area contributed by atoms with E-state index in [2.05, 4.69) is 11.9 Å². The molecule has 0 spiro atoms. The van der Waals surface area contributed by atoms with Crippen LogP contribution in [0.25, 0.3) is 0 Å². The number of hydrogen-bond donors (Lipinski definition) is 2. The van der Waals surface area contributed by atoms with Crippen molar-refractivity contribution in [1.82, 2.24) is 39.6 Å². The normalized spacial score (nSPS) is 27.0. The predicted octanol–water partition coefficient (Wildman–Crippen LogP) is 7.05. The summed E-state index contributed by atoms with van der Waals surface area (Å²) in [4.78, 5) is 170. The average Bonchev–Trinajstić information content (AvgIpc) is 2.39. The highest BCUT2D eigenvalue weighted by atomic mass is 16.3. The van der Waals surface area contributed by atoms with Crippen molar-refractivity contribution < 1.29 is 57.8 Å². The van der Waals surface area contributed by atoms with E-state index < -0.39 is 137 Å². The summed E-state index contributed by atoms with van der Waals surface area (Å²) in [5, 5.41) is 14.9. The van der Waals surface area contributed by atoms with Gasteiger partial charge in [-0.25, -0.2) is 0 Å².